The molecule has 5 heteroatoms. The zero-order valence-corrected chi connectivity index (χ0v) is 24.0. The summed E-state index contributed by atoms with van der Waals surface area (Å²) in [7, 11) is 0. The first kappa shape index (κ1) is 28.4. The summed E-state index contributed by atoms with van der Waals surface area (Å²) in [6, 6.07) is 9.98. The van der Waals surface area contributed by atoms with Crippen LogP contribution in [0.5, 0.6) is 0 Å². The Morgan fingerprint density at radius 1 is 1.00 bits per heavy atom. The van der Waals surface area contributed by atoms with Crippen LogP contribution in [0.4, 0.5) is 0 Å². The normalized spacial score (nSPS) is 21.4. The third-order valence-electron chi connectivity index (χ3n) is 6.85. The molecule has 186 valence electrons. The Morgan fingerprint density at radius 2 is 1.64 bits per heavy atom. The maximum absolute atomic E-state index is 11.0. The van der Waals surface area contributed by atoms with Crippen LogP contribution in [0.2, 0.25) is 17.7 Å². The fraction of sp³-hybridized carbons (Fsp3) is 0.679. The zero-order valence-electron chi connectivity index (χ0n) is 21.2. The molecule has 1 aromatic rings. The van der Waals surface area contributed by atoms with Crippen LogP contribution in [0.15, 0.2) is 42.7 Å². The van der Waals surface area contributed by atoms with E-state index < -0.39 is 24.7 Å². The molecule has 2 rings (SSSR count). The Balaban J connectivity index is 1.99. The van der Waals surface area contributed by atoms with Crippen LogP contribution < -0.4 is 0 Å². The molecule has 0 radical (unpaired) electrons. The van der Waals surface area contributed by atoms with E-state index in [1.54, 1.807) is 0 Å². The van der Waals surface area contributed by atoms with Crippen LogP contribution in [-0.2, 0) is 19.0 Å². The van der Waals surface area contributed by atoms with E-state index in [4.69, 9.17) is 14.2 Å². The standard InChI is InChI=1S/C16H19O4.3C4H9.Sn/c1-2-11-18-15-12-19-16(13-7-4-3-5-8-13)20-14(15)9-6-10-17;3*1-3-4-2;/h2-5,7-8,10-11,14-16H,1,6,9,12H2;3*1,3-4H2,2H3;/b11-2+;;;;/t14-,15+,16+;;;;/m0..../s1. The van der Waals surface area contributed by atoms with Gasteiger partial charge in [0.2, 0.25) is 0 Å². The van der Waals surface area contributed by atoms with Gasteiger partial charge in [-0.05, 0) is 0 Å². The summed E-state index contributed by atoms with van der Waals surface area (Å²) in [5, 5.41) is 0. The van der Waals surface area contributed by atoms with E-state index in [0.717, 1.165) is 11.8 Å². The number of hydrogen-bond donors (Lipinski definition) is 0. The zero-order chi connectivity index (χ0) is 23.8. The monoisotopic (exact) mass is 566 g/mol. The molecule has 0 aliphatic carbocycles. The van der Waals surface area contributed by atoms with Crippen molar-refractivity contribution < 1.29 is 19.0 Å². The van der Waals surface area contributed by atoms with Gasteiger partial charge in [0, 0.05) is 0 Å². The first-order valence-electron chi connectivity index (χ1n) is 13.2. The van der Waals surface area contributed by atoms with E-state index in [9.17, 15) is 4.79 Å². The second kappa shape index (κ2) is 16.7. The number of hydrogen-bond acceptors (Lipinski definition) is 4. The van der Waals surface area contributed by atoms with Gasteiger partial charge in [-0.1, -0.05) is 0 Å². The molecule has 1 aliphatic rings. The molecule has 4 nitrogen and oxygen atoms in total. The fourth-order valence-electron chi connectivity index (χ4n) is 4.76. The van der Waals surface area contributed by atoms with Crippen LogP contribution in [0.25, 0.3) is 0 Å². The number of carbonyl (C=O) groups is 1. The van der Waals surface area contributed by atoms with Crippen molar-refractivity contribution in [3.8, 4) is 0 Å². The van der Waals surface area contributed by atoms with Gasteiger partial charge in [-0.15, -0.1) is 0 Å². The molecule has 0 saturated carbocycles. The van der Waals surface area contributed by atoms with E-state index in [0.29, 0.717) is 19.4 Å². The van der Waals surface area contributed by atoms with Gasteiger partial charge in [0.1, 0.15) is 0 Å². The van der Waals surface area contributed by atoms with Gasteiger partial charge in [-0.25, -0.2) is 0 Å². The van der Waals surface area contributed by atoms with E-state index >= 15 is 0 Å². The van der Waals surface area contributed by atoms with Crippen molar-refractivity contribution >= 4 is 24.7 Å². The number of ether oxygens (including phenoxy) is 3. The van der Waals surface area contributed by atoms with Crippen LogP contribution in [0.3, 0.4) is 0 Å². The Hall–Kier alpha value is -0.851. The summed E-state index contributed by atoms with van der Waals surface area (Å²) in [5.41, 5.74) is 1.00. The van der Waals surface area contributed by atoms with Crippen molar-refractivity contribution in [2.75, 3.05) is 6.61 Å². The van der Waals surface area contributed by atoms with Crippen molar-refractivity contribution in [2.45, 2.75) is 108 Å². The quantitative estimate of drug-likeness (QED) is 0.110. The van der Waals surface area contributed by atoms with E-state index in [2.05, 4.69) is 26.8 Å². The number of aldehydes is 1. The molecule has 1 aromatic carbocycles. The number of allylic oxidation sites excluding steroid dienone is 1. The van der Waals surface area contributed by atoms with E-state index in [-0.39, 0.29) is 12.2 Å². The molecule has 0 spiro atoms. The molecule has 1 fully saturated rings. The summed E-state index contributed by atoms with van der Waals surface area (Å²) in [5.74, 6) is 0. The van der Waals surface area contributed by atoms with Crippen LogP contribution >= 0.6 is 0 Å². The van der Waals surface area contributed by atoms with Gasteiger partial charge in [-0.2, -0.15) is 0 Å². The Labute approximate surface area is 206 Å². The van der Waals surface area contributed by atoms with Crippen LogP contribution in [0.1, 0.15) is 84.0 Å². The SMILES string of the molecule is CCC[CH2][Sn]([CH2]/C=C/O[C@@H]1CO[C@@H](c2ccccc2)O[C@H]1CCC=O)([CH2]CCC)[CH2]CCC. The van der Waals surface area contributed by atoms with Gasteiger partial charge in [-0.3, -0.25) is 0 Å². The third kappa shape index (κ3) is 10.1. The molecule has 0 aromatic heterocycles. The van der Waals surface area contributed by atoms with Crippen molar-refractivity contribution in [3.05, 3.63) is 48.2 Å². The Morgan fingerprint density at radius 3 is 2.21 bits per heavy atom. The van der Waals surface area contributed by atoms with E-state index in [1.807, 2.05) is 36.6 Å². The molecule has 1 aliphatic heterocycles. The van der Waals surface area contributed by atoms with Crippen LogP contribution in [-0.4, -0.2) is 43.5 Å². The van der Waals surface area contributed by atoms with E-state index in [1.165, 1.54) is 56.3 Å². The van der Waals surface area contributed by atoms with Crippen molar-refractivity contribution in [2.24, 2.45) is 0 Å². The second-order valence-corrected chi connectivity index (χ2v) is 23.6. The third-order valence-corrected chi connectivity index (χ3v) is 22.1. The molecule has 1 saturated heterocycles. The van der Waals surface area contributed by atoms with Crippen LogP contribution in [0, 0.1) is 0 Å². The number of rotatable bonds is 17. The fourth-order valence-corrected chi connectivity index (χ4v) is 19.8. The summed E-state index contributed by atoms with van der Waals surface area (Å²) < 4.78 is 24.2. The molecule has 0 amide bonds. The van der Waals surface area contributed by atoms with Crippen molar-refractivity contribution in [1.29, 1.82) is 0 Å². The number of benzene rings is 1. The van der Waals surface area contributed by atoms with Gasteiger partial charge in [0.25, 0.3) is 0 Å². The minimum atomic E-state index is -2.18. The maximum atomic E-state index is 11.0. The summed E-state index contributed by atoms with van der Waals surface area (Å²) in [6.07, 6.45) is 13.7. The second-order valence-electron chi connectivity index (χ2n) is 9.56. The summed E-state index contributed by atoms with van der Waals surface area (Å²) in [6.45, 7) is 7.44. The predicted molar refractivity (Wildman–Crippen MR) is 139 cm³/mol. The Bertz CT molecular complexity index is 641. The number of unbranched alkanes of at least 4 members (excludes halogenated alkanes) is 3. The van der Waals surface area contributed by atoms with Gasteiger partial charge in [0.05, 0.1) is 0 Å². The molecule has 1 heterocycles. The summed E-state index contributed by atoms with van der Waals surface area (Å²) >= 11 is -2.18. The first-order chi connectivity index (χ1) is 16.2. The topological polar surface area (TPSA) is 44.8 Å². The van der Waals surface area contributed by atoms with Gasteiger partial charge < -0.3 is 0 Å². The molecule has 3 atom stereocenters. The molecule has 0 unspecified atom stereocenters. The molecule has 33 heavy (non-hydrogen) atoms. The molecular weight excluding hydrogens is 519 g/mol. The van der Waals surface area contributed by atoms with Gasteiger partial charge >= 0.3 is 207 Å². The molecule has 0 N–H and O–H groups in total. The summed E-state index contributed by atoms with van der Waals surface area (Å²) in [4.78, 5) is 11.0. The van der Waals surface area contributed by atoms with Gasteiger partial charge in [0.15, 0.2) is 0 Å². The minimum absolute atomic E-state index is 0.146. The number of carbonyl (C=O) groups excluding carboxylic acids is 1. The predicted octanol–water partition coefficient (Wildman–Crippen LogP) is 7.83. The average molecular weight is 565 g/mol. The first-order valence-corrected chi connectivity index (χ1v) is 21.3. The average Bonchev–Trinajstić information content (AvgIpc) is 2.86. The Kier molecular flexibility index (Phi) is 14.4. The molecular formula is C28H46O4Sn. The van der Waals surface area contributed by atoms with Crippen molar-refractivity contribution in [1.82, 2.24) is 0 Å². The van der Waals surface area contributed by atoms with Crippen molar-refractivity contribution in [3.63, 3.8) is 0 Å². The molecule has 0 bridgehead atoms.